The van der Waals surface area contributed by atoms with Crippen molar-refractivity contribution < 1.29 is 23.6 Å². The molecule has 0 spiro atoms. The van der Waals surface area contributed by atoms with E-state index in [-0.39, 0.29) is 12.4 Å². The molecule has 0 aromatic heterocycles. The number of carbonyl (C=O) groups excluding carboxylic acids is 1. The van der Waals surface area contributed by atoms with Gasteiger partial charge >= 0.3 is 5.97 Å². The van der Waals surface area contributed by atoms with Crippen LogP contribution in [0.2, 0.25) is 0 Å². The fraction of sp³-hybridized carbons (Fsp3) is 0.939. The zero-order chi connectivity index (χ0) is 43.9. The highest BCUT2D eigenvalue weighted by Gasteiger charge is 2.10. The molecule has 352 valence electrons. The zero-order valence-corrected chi connectivity index (χ0v) is 40.9. The summed E-state index contributed by atoms with van der Waals surface area (Å²) in [6.45, 7) is 11.3. The summed E-state index contributed by atoms with van der Waals surface area (Å²) in [7, 11) is 2.76. The van der Waals surface area contributed by atoms with E-state index in [0.717, 1.165) is 51.2 Å². The summed E-state index contributed by atoms with van der Waals surface area (Å²) in [5.41, 5.74) is 0. The van der Waals surface area contributed by atoms with E-state index in [9.17, 15) is 9.00 Å². The standard InChI is InChI=1S/C48H98N4O3S.CH2O2/c1-7-10-13-16-19-28-35-45-55-47(53)40-32-25-21-27-34-43-52(44-36-41-49-48(51(4)5)50-56(6)54)42-33-26-20-24-31-39-46(37-29-22-17-14-11-8-2)38-30-23-18-15-12-9-3;2-1-3/h46H,7-45H2,1-6H3,(H,49,50);1H,(H,2,3). The minimum absolute atomic E-state index is 0.0104. The highest BCUT2D eigenvalue weighted by Crippen LogP contribution is 2.25. The van der Waals surface area contributed by atoms with Crippen LogP contribution in [-0.4, -0.2) is 90.7 Å². The van der Waals surface area contributed by atoms with Gasteiger partial charge in [0.1, 0.15) is 11.0 Å². The molecule has 0 heterocycles. The van der Waals surface area contributed by atoms with E-state index in [1.165, 1.54) is 193 Å². The molecule has 0 fully saturated rings. The van der Waals surface area contributed by atoms with Gasteiger partial charge in [-0.1, -0.05) is 201 Å². The van der Waals surface area contributed by atoms with Gasteiger partial charge in [0.25, 0.3) is 6.47 Å². The fourth-order valence-corrected chi connectivity index (χ4v) is 8.32. The Hall–Kier alpha value is -1.68. The van der Waals surface area contributed by atoms with Crippen LogP contribution in [0, 0.1) is 5.92 Å². The number of ether oxygens (including phenoxy) is 1. The Labute approximate surface area is 369 Å². The Morgan fingerprint density at radius 1 is 0.610 bits per heavy atom. The Morgan fingerprint density at radius 2 is 0.983 bits per heavy atom. The number of nitrogens with one attached hydrogen (secondary N) is 1. The number of hydrogen-bond acceptors (Lipinski definition) is 6. The molecule has 0 saturated heterocycles. The van der Waals surface area contributed by atoms with Crippen LogP contribution in [0.3, 0.4) is 0 Å². The van der Waals surface area contributed by atoms with Crippen molar-refractivity contribution in [2.75, 3.05) is 53.1 Å². The monoisotopic (exact) mass is 857 g/mol. The van der Waals surface area contributed by atoms with Crippen LogP contribution in [0.5, 0.6) is 0 Å². The molecule has 1 atom stereocenters. The summed E-state index contributed by atoms with van der Waals surface area (Å²) < 4.78 is 20.2. The highest BCUT2D eigenvalue weighted by atomic mass is 32.2. The van der Waals surface area contributed by atoms with Gasteiger partial charge in [-0.25, -0.2) is 4.21 Å². The number of aliphatic imine (C=N–C) groups is 1. The average molecular weight is 857 g/mol. The largest absolute Gasteiger partial charge is 0.483 e. The average Bonchev–Trinajstić information content (AvgIpc) is 3.21. The molecule has 0 aromatic carbocycles. The van der Waals surface area contributed by atoms with E-state index < -0.39 is 11.0 Å². The first-order valence-corrected chi connectivity index (χ1v) is 26.6. The molecule has 0 bridgehead atoms. The van der Waals surface area contributed by atoms with Crippen LogP contribution < -0.4 is 4.72 Å². The summed E-state index contributed by atoms with van der Waals surface area (Å²) >= 11 is 0. The number of carbonyl (C=O) groups is 2. The second kappa shape index (κ2) is 49.0. The van der Waals surface area contributed by atoms with E-state index in [2.05, 4.69) is 30.4 Å². The maximum Gasteiger partial charge on any atom is 0.305 e. The quantitative estimate of drug-likeness (QED) is 0.0206. The molecule has 0 aliphatic rings. The van der Waals surface area contributed by atoms with Crippen LogP contribution in [0.1, 0.15) is 239 Å². The number of rotatable bonds is 43. The number of nitrogens with zero attached hydrogens (tertiary/aromatic N) is 3. The van der Waals surface area contributed by atoms with Crippen molar-refractivity contribution in [3.8, 4) is 0 Å². The van der Waals surface area contributed by atoms with Gasteiger partial charge in [-0.2, -0.15) is 0 Å². The van der Waals surface area contributed by atoms with Gasteiger partial charge in [0.2, 0.25) is 5.96 Å². The first kappa shape index (κ1) is 59.4. The lowest BCUT2D eigenvalue weighted by atomic mass is 9.89. The van der Waals surface area contributed by atoms with Gasteiger partial charge in [0.05, 0.1) is 6.61 Å². The number of carboxylic acid groups (broad SMARTS) is 1. The molecule has 0 radical (unpaired) electrons. The normalized spacial score (nSPS) is 12.1. The number of guanidine groups is 1. The van der Waals surface area contributed by atoms with Gasteiger partial charge in [-0.15, -0.1) is 0 Å². The Morgan fingerprint density at radius 3 is 1.41 bits per heavy atom. The van der Waals surface area contributed by atoms with Crippen molar-refractivity contribution in [3.05, 3.63) is 0 Å². The predicted molar refractivity (Wildman–Crippen MR) is 257 cm³/mol. The highest BCUT2D eigenvalue weighted by molar-refractivity contribution is 7.82. The first-order valence-electron chi connectivity index (χ1n) is 25.0. The summed E-state index contributed by atoms with van der Waals surface area (Å²) in [5, 5.41) is 6.89. The molecule has 0 aliphatic heterocycles. The molecule has 0 rings (SSSR count). The molecular formula is C49H100N4O5S. The number of unbranched alkanes of at least 4 members (excludes halogenated alkanes) is 24. The second-order valence-corrected chi connectivity index (χ2v) is 18.5. The molecule has 0 amide bonds. The Bertz CT molecular complexity index is 922. The zero-order valence-electron chi connectivity index (χ0n) is 40.1. The molecule has 0 aromatic rings. The van der Waals surface area contributed by atoms with Gasteiger partial charge < -0.3 is 19.6 Å². The molecule has 59 heavy (non-hydrogen) atoms. The molecule has 0 aliphatic carbocycles. The lowest BCUT2D eigenvalue weighted by Gasteiger charge is -2.22. The third kappa shape index (κ3) is 47.2. The summed E-state index contributed by atoms with van der Waals surface area (Å²) in [4.78, 5) is 29.8. The van der Waals surface area contributed by atoms with Crippen LogP contribution in [0.25, 0.3) is 0 Å². The van der Waals surface area contributed by atoms with Crippen molar-refractivity contribution in [3.63, 3.8) is 0 Å². The van der Waals surface area contributed by atoms with Crippen molar-refractivity contribution in [2.45, 2.75) is 239 Å². The van der Waals surface area contributed by atoms with Crippen molar-refractivity contribution in [1.82, 2.24) is 14.5 Å². The molecule has 1 unspecified atom stereocenters. The summed E-state index contributed by atoms with van der Waals surface area (Å²) in [6.07, 6.45) is 45.8. The molecule has 9 nitrogen and oxygen atoms in total. The molecule has 10 heteroatoms. The van der Waals surface area contributed by atoms with E-state index in [4.69, 9.17) is 19.6 Å². The first-order chi connectivity index (χ1) is 28.7. The second-order valence-electron chi connectivity index (χ2n) is 17.4. The van der Waals surface area contributed by atoms with Gasteiger partial charge in [0, 0.05) is 33.3 Å². The van der Waals surface area contributed by atoms with Crippen LogP contribution in [0.4, 0.5) is 0 Å². The van der Waals surface area contributed by atoms with E-state index >= 15 is 0 Å². The van der Waals surface area contributed by atoms with Gasteiger partial charge in [-0.3, -0.25) is 19.3 Å². The summed E-state index contributed by atoms with van der Waals surface area (Å²) in [5.74, 6) is 1.64. The molecule has 0 saturated carbocycles. The lowest BCUT2D eigenvalue weighted by Crippen LogP contribution is -2.37. The van der Waals surface area contributed by atoms with Gasteiger partial charge in [0.15, 0.2) is 0 Å². The Balaban J connectivity index is 0. The Kier molecular flexibility index (Phi) is 49.3. The number of hydrogen-bond donors (Lipinski definition) is 2. The maximum atomic E-state index is 12.2. The van der Waals surface area contributed by atoms with Crippen LogP contribution >= 0.6 is 0 Å². The van der Waals surface area contributed by atoms with Gasteiger partial charge in [-0.05, 0) is 57.7 Å². The van der Waals surface area contributed by atoms with Crippen LogP contribution in [0.15, 0.2) is 4.99 Å². The predicted octanol–water partition coefficient (Wildman–Crippen LogP) is 13.3. The van der Waals surface area contributed by atoms with E-state index in [1.807, 2.05) is 19.0 Å². The van der Waals surface area contributed by atoms with E-state index in [0.29, 0.717) is 19.0 Å². The molecular weight excluding hydrogens is 757 g/mol. The van der Waals surface area contributed by atoms with Crippen molar-refractivity contribution >= 4 is 29.4 Å². The minimum Gasteiger partial charge on any atom is -0.483 e. The maximum absolute atomic E-state index is 12.2. The topological polar surface area (TPSA) is 112 Å². The third-order valence-corrected chi connectivity index (χ3v) is 11.9. The lowest BCUT2D eigenvalue weighted by molar-refractivity contribution is -0.143. The van der Waals surface area contributed by atoms with Crippen LogP contribution in [-0.2, 0) is 25.3 Å². The smallest absolute Gasteiger partial charge is 0.305 e. The minimum atomic E-state index is -1.12. The third-order valence-electron chi connectivity index (χ3n) is 11.4. The fourth-order valence-electron chi connectivity index (χ4n) is 7.82. The van der Waals surface area contributed by atoms with Crippen molar-refractivity contribution in [2.24, 2.45) is 10.9 Å². The molecule has 2 N–H and O–H groups in total. The van der Waals surface area contributed by atoms with E-state index in [1.54, 1.807) is 6.26 Å². The number of esters is 1. The summed E-state index contributed by atoms with van der Waals surface area (Å²) in [6, 6.07) is 0. The SMILES string of the molecule is CCCCCCCCCOC(=O)CCCCCCCN(CCCCCCCC(CCCCCCCC)CCCCCCCC)CCCN=C(NS(C)=O)N(C)C.O=CO. The van der Waals surface area contributed by atoms with Crippen molar-refractivity contribution in [1.29, 1.82) is 0 Å².